The Kier molecular flexibility index (Phi) is 4.68. The number of halogens is 1. The maximum atomic E-state index is 11.9. The molecule has 2 heterocycles. The average Bonchev–Trinajstić information content (AvgIpc) is 3.17. The van der Waals surface area contributed by atoms with Crippen LogP contribution in [0.15, 0.2) is 51.5 Å². The van der Waals surface area contributed by atoms with Gasteiger partial charge >= 0.3 is 0 Å². The summed E-state index contributed by atoms with van der Waals surface area (Å²) in [4.78, 5) is 13.0. The molecular weight excluding hydrogens is 376 g/mol. The van der Waals surface area contributed by atoms with Gasteiger partial charge in [-0.25, -0.2) is 5.43 Å². The Bertz CT molecular complexity index is 851. The molecule has 0 aliphatic carbocycles. The summed E-state index contributed by atoms with van der Waals surface area (Å²) >= 11 is 4.94. The van der Waals surface area contributed by atoms with Gasteiger partial charge < -0.3 is 0 Å². The van der Waals surface area contributed by atoms with E-state index in [4.69, 9.17) is 0 Å². The van der Waals surface area contributed by atoms with E-state index in [0.717, 1.165) is 26.2 Å². The summed E-state index contributed by atoms with van der Waals surface area (Å²) in [5, 5.41) is 12.8. The zero-order chi connectivity index (χ0) is 16.2. The topological polar surface area (TPSA) is 70.1 Å². The van der Waals surface area contributed by atoms with Gasteiger partial charge in [-0.05, 0) is 25.1 Å². The van der Waals surface area contributed by atoms with Crippen molar-refractivity contribution in [2.24, 2.45) is 5.10 Å². The summed E-state index contributed by atoms with van der Waals surface area (Å²) < 4.78 is 1.01. The van der Waals surface area contributed by atoms with E-state index in [-0.39, 0.29) is 5.91 Å². The van der Waals surface area contributed by atoms with Gasteiger partial charge in [0, 0.05) is 25.9 Å². The molecule has 1 aromatic carbocycles. The predicted octanol–water partition coefficient (Wildman–Crippen LogP) is 3.97. The first-order valence-electron chi connectivity index (χ1n) is 6.81. The Balaban J connectivity index is 1.72. The van der Waals surface area contributed by atoms with Crippen molar-refractivity contribution in [3.8, 4) is 11.3 Å². The van der Waals surface area contributed by atoms with Gasteiger partial charge in [0.1, 0.15) is 0 Å². The largest absolute Gasteiger partial charge is 0.277 e. The third-order valence-electron chi connectivity index (χ3n) is 3.16. The molecule has 7 heteroatoms. The molecule has 5 nitrogen and oxygen atoms in total. The van der Waals surface area contributed by atoms with Gasteiger partial charge in [0.05, 0.1) is 23.7 Å². The lowest BCUT2D eigenvalue weighted by atomic mass is 10.1. The normalized spacial score (nSPS) is 11.0. The monoisotopic (exact) mass is 388 g/mol. The number of aromatic nitrogens is 2. The van der Waals surface area contributed by atoms with Crippen LogP contribution >= 0.6 is 27.3 Å². The van der Waals surface area contributed by atoms with E-state index in [1.165, 1.54) is 11.3 Å². The Labute approximate surface area is 145 Å². The van der Waals surface area contributed by atoms with Crippen LogP contribution in [0.1, 0.15) is 20.8 Å². The Morgan fingerprint density at radius 2 is 2.17 bits per heavy atom. The first kappa shape index (κ1) is 15.6. The van der Waals surface area contributed by atoms with Crippen molar-refractivity contribution in [3.05, 3.63) is 62.4 Å². The van der Waals surface area contributed by atoms with Gasteiger partial charge in [-0.3, -0.25) is 9.89 Å². The fourth-order valence-electron chi connectivity index (χ4n) is 2.03. The highest BCUT2D eigenvalue weighted by Gasteiger charge is 2.07. The molecule has 0 fully saturated rings. The van der Waals surface area contributed by atoms with Gasteiger partial charge in [0.15, 0.2) is 0 Å². The van der Waals surface area contributed by atoms with Crippen LogP contribution in [0.3, 0.4) is 0 Å². The summed E-state index contributed by atoms with van der Waals surface area (Å²) in [5.41, 5.74) is 5.78. The minimum Gasteiger partial charge on any atom is -0.277 e. The first-order valence-corrected chi connectivity index (χ1v) is 8.48. The van der Waals surface area contributed by atoms with Crippen LogP contribution in [-0.4, -0.2) is 22.3 Å². The van der Waals surface area contributed by atoms with Crippen molar-refractivity contribution in [1.29, 1.82) is 0 Å². The van der Waals surface area contributed by atoms with Gasteiger partial charge in [-0.2, -0.15) is 10.2 Å². The third-order valence-corrected chi connectivity index (χ3v) is 4.55. The van der Waals surface area contributed by atoms with E-state index in [0.29, 0.717) is 5.56 Å². The van der Waals surface area contributed by atoms with Crippen LogP contribution in [-0.2, 0) is 0 Å². The molecule has 0 aliphatic rings. The SMILES string of the molecule is Cc1cc(C(=O)N/N=C/c2cn[nH]c2-c2ccc(Br)cc2)cs1. The molecule has 0 saturated carbocycles. The van der Waals surface area contributed by atoms with Crippen molar-refractivity contribution in [1.82, 2.24) is 15.6 Å². The van der Waals surface area contributed by atoms with Crippen molar-refractivity contribution in [2.75, 3.05) is 0 Å². The highest BCUT2D eigenvalue weighted by Crippen LogP contribution is 2.22. The van der Waals surface area contributed by atoms with Crippen molar-refractivity contribution in [2.45, 2.75) is 6.92 Å². The van der Waals surface area contributed by atoms with Crippen LogP contribution < -0.4 is 5.43 Å². The lowest BCUT2D eigenvalue weighted by Gasteiger charge is -2.00. The molecule has 1 amide bonds. The van der Waals surface area contributed by atoms with Crippen molar-refractivity contribution >= 4 is 39.4 Å². The van der Waals surface area contributed by atoms with Crippen LogP contribution in [0.2, 0.25) is 0 Å². The number of H-pyrrole nitrogens is 1. The first-order chi connectivity index (χ1) is 11.1. The number of carbonyl (C=O) groups is 1. The second-order valence-electron chi connectivity index (χ2n) is 4.85. The maximum absolute atomic E-state index is 11.9. The smallest absolute Gasteiger partial charge is 0.272 e. The zero-order valence-corrected chi connectivity index (χ0v) is 14.6. The van der Waals surface area contributed by atoms with E-state index in [9.17, 15) is 4.79 Å². The van der Waals surface area contributed by atoms with E-state index < -0.39 is 0 Å². The van der Waals surface area contributed by atoms with Crippen molar-refractivity contribution in [3.63, 3.8) is 0 Å². The zero-order valence-electron chi connectivity index (χ0n) is 12.2. The standard InChI is InChI=1S/C16H13BrN4OS/c1-10-6-12(9-23-10)16(22)21-19-8-13-7-18-20-15(13)11-2-4-14(17)5-3-11/h2-9H,1H3,(H,18,20)(H,21,22)/b19-8+. The number of hydrazone groups is 1. The van der Waals surface area contributed by atoms with E-state index in [1.807, 2.05) is 42.6 Å². The van der Waals surface area contributed by atoms with Crippen LogP contribution in [0.4, 0.5) is 0 Å². The molecule has 0 spiro atoms. The summed E-state index contributed by atoms with van der Waals surface area (Å²) in [5.74, 6) is -0.223. The lowest BCUT2D eigenvalue weighted by molar-refractivity contribution is 0.0955. The minimum atomic E-state index is -0.223. The highest BCUT2D eigenvalue weighted by atomic mass is 79.9. The summed E-state index contributed by atoms with van der Waals surface area (Å²) in [6.45, 7) is 1.96. The van der Waals surface area contributed by atoms with Gasteiger partial charge in [0.25, 0.3) is 5.91 Å². The highest BCUT2D eigenvalue weighted by molar-refractivity contribution is 9.10. The number of amides is 1. The Hall–Kier alpha value is -2.25. The minimum absolute atomic E-state index is 0.223. The molecule has 23 heavy (non-hydrogen) atoms. The number of aryl methyl sites for hydroxylation is 1. The fraction of sp³-hybridized carbons (Fsp3) is 0.0625. The number of benzene rings is 1. The lowest BCUT2D eigenvalue weighted by Crippen LogP contribution is -2.16. The molecule has 0 saturated heterocycles. The van der Waals surface area contributed by atoms with Crippen LogP contribution in [0.25, 0.3) is 11.3 Å². The van der Waals surface area contributed by atoms with Crippen molar-refractivity contribution < 1.29 is 4.79 Å². The molecule has 0 atom stereocenters. The number of aromatic amines is 1. The number of hydrogen-bond donors (Lipinski definition) is 2. The van der Waals surface area contributed by atoms with E-state index in [1.54, 1.807) is 12.4 Å². The van der Waals surface area contributed by atoms with Gasteiger partial charge in [0.2, 0.25) is 0 Å². The molecule has 0 aliphatic heterocycles. The van der Waals surface area contributed by atoms with Gasteiger partial charge in [-0.15, -0.1) is 11.3 Å². The molecule has 0 bridgehead atoms. The number of nitrogens with one attached hydrogen (secondary N) is 2. The van der Waals surface area contributed by atoms with E-state index in [2.05, 4.69) is 36.7 Å². The van der Waals surface area contributed by atoms with Gasteiger partial charge in [-0.1, -0.05) is 28.1 Å². The summed E-state index contributed by atoms with van der Waals surface area (Å²) in [6.07, 6.45) is 3.25. The summed E-state index contributed by atoms with van der Waals surface area (Å²) in [6, 6.07) is 9.69. The third kappa shape index (κ3) is 3.75. The molecule has 2 aromatic heterocycles. The van der Waals surface area contributed by atoms with E-state index >= 15 is 0 Å². The molecule has 2 N–H and O–H groups in total. The Morgan fingerprint density at radius 1 is 1.39 bits per heavy atom. The quantitative estimate of drug-likeness (QED) is 0.524. The number of rotatable bonds is 4. The maximum Gasteiger partial charge on any atom is 0.272 e. The number of hydrogen-bond acceptors (Lipinski definition) is 4. The molecule has 116 valence electrons. The molecule has 3 rings (SSSR count). The number of carbonyl (C=O) groups excluding carboxylic acids is 1. The summed E-state index contributed by atoms with van der Waals surface area (Å²) in [7, 11) is 0. The Morgan fingerprint density at radius 3 is 2.87 bits per heavy atom. The molecule has 3 aromatic rings. The molecule has 0 radical (unpaired) electrons. The second-order valence-corrected chi connectivity index (χ2v) is 6.88. The van der Waals surface area contributed by atoms with Crippen LogP contribution in [0, 0.1) is 6.92 Å². The van der Waals surface area contributed by atoms with Crippen LogP contribution in [0.5, 0.6) is 0 Å². The number of thiophene rings is 1. The second kappa shape index (κ2) is 6.89. The molecule has 0 unspecified atom stereocenters. The predicted molar refractivity (Wildman–Crippen MR) is 95.8 cm³/mol. The molecular formula is C16H13BrN4OS. The average molecular weight is 389 g/mol. The fourth-order valence-corrected chi connectivity index (χ4v) is 2.98. The number of nitrogens with zero attached hydrogens (tertiary/aromatic N) is 2.